The first-order valence-corrected chi connectivity index (χ1v) is 7.37. The lowest BCUT2D eigenvalue weighted by Crippen LogP contribution is -2.04. The first kappa shape index (κ1) is 16.1. The molecule has 0 aliphatic rings. The highest BCUT2D eigenvalue weighted by molar-refractivity contribution is 8.00. The Morgan fingerprint density at radius 2 is 2.00 bits per heavy atom. The molecule has 0 radical (unpaired) electrons. The minimum atomic E-state index is -0.879. The van der Waals surface area contributed by atoms with Gasteiger partial charge in [-0.2, -0.15) is 0 Å². The molecule has 1 rings (SSSR count). The Labute approximate surface area is 122 Å². The van der Waals surface area contributed by atoms with Crippen LogP contribution in [0.3, 0.4) is 0 Å². The second-order valence-electron chi connectivity index (χ2n) is 4.48. The van der Waals surface area contributed by atoms with Crippen LogP contribution in [0.15, 0.2) is 23.1 Å². The van der Waals surface area contributed by atoms with Crippen LogP contribution in [0.2, 0.25) is 5.02 Å². The van der Waals surface area contributed by atoms with Crippen LogP contribution in [0.25, 0.3) is 0 Å². The Morgan fingerprint density at radius 3 is 2.58 bits per heavy atom. The van der Waals surface area contributed by atoms with Gasteiger partial charge in [-0.25, -0.2) is 0 Å². The van der Waals surface area contributed by atoms with Crippen molar-refractivity contribution in [2.45, 2.75) is 43.3 Å². The van der Waals surface area contributed by atoms with Gasteiger partial charge in [-0.1, -0.05) is 25.4 Å². The van der Waals surface area contributed by atoms with E-state index < -0.39 is 5.97 Å². The zero-order valence-electron chi connectivity index (χ0n) is 11.0. The fourth-order valence-electron chi connectivity index (χ4n) is 1.61. The van der Waals surface area contributed by atoms with Crippen molar-refractivity contribution in [2.75, 3.05) is 0 Å². The molecule has 1 N–H and O–H groups in total. The number of carboxylic acids is 1. The summed E-state index contributed by atoms with van der Waals surface area (Å²) < 4.78 is 0. The normalized spacial score (nSPS) is 10.7. The first-order valence-electron chi connectivity index (χ1n) is 6.11. The average Bonchev–Trinajstić information content (AvgIpc) is 2.30. The van der Waals surface area contributed by atoms with Crippen LogP contribution in [0.5, 0.6) is 0 Å². The number of halogens is 1. The molecule has 0 amide bonds. The number of carbonyl (C=O) groups is 2. The predicted octanol–water partition coefficient (Wildman–Crippen LogP) is 4.28. The van der Waals surface area contributed by atoms with Crippen LogP contribution in [-0.2, 0) is 4.79 Å². The number of thioether (sulfide) groups is 1. The predicted molar refractivity (Wildman–Crippen MR) is 78.3 cm³/mol. The van der Waals surface area contributed by atoms with Crippen LogP contribution in [-0.4, -0.2) is 22.1 Å². The second kappa shape index (κ2) is 7.56. The average molecular weight is 301 g/mol. The number of hydrogen-bond acceptors (Lipinski definition) is 3. The fraction of sp³-hybridized carbons (Fsp3) is 0.429. The standard InChI is InChI=1S/C14H17ClO3S/c1-9(2)19-13-7-6-10(15)8-11(13)12(16)4-3-5-14(17)18/h6-9H,3-5H2,1-2H3,(H,17,18). The third kappa shape index (κ3) is 5.66. The number of carboxylic acid groups (broad SMARTS) is 1. The van der Waals surface area contributed by atoms with Gasteiger partial charge in [0.15, 0.2) is 5.78 Å². The van der Waals surface area contributed by atoms with Gasteiger partial charge >= 0.3 is 5.97 Å². The van der Waals surface area contributed by atoms with E-state index >= 15 is 0 Å². The highest BCUT2D eigenvalue weighted by Gasteiger charge is 2.14. The van der Waals surface area contributed by atoms with Crippen LogP contribution < -0.4 is 0 Å². The van der Waals surface area contributed by atoms with E-state index in [1.54, 1.807) is 23.9 Å². The van der Waals surface area contributed by atoms with Crippen molar-refractivity contribution in [1.82, 2.24) is 0 Å². The number of benzene rings is 1. The Kier molecular flexibility index (Phi) is 6.38. The molecule has 5 heteroatoms. The first-order chi connectivity index (χ1) is 8.90. The van der Waals surface area contributed by atoms with E-state index in [4.69, 9.17) is 16.7 Å². The molecule has 0 unspecified atom stereocenters. The van der Waals surface area contributed by atoms with Gasteiger partial charge in [-0.3, -0.25) is 9.59 Å². The number of rotatable bonds is 7. The van der Waals surface area contributed by atoms with Crippen molar-refractivity contribution < 1.29 is 14.7 Å². The van der Waals surface area contributed by atoms with Gasteiger partial charge in [0.05, 0.1) is 0 Å². The summed E-state index contributed by atoms with van der Waals surface area (Å²) in [6, 6.07) is 5.27. The lowest BCUT2D eigenvalue weighted by atomic mass is 10.1. The topological polar surface area (TPSA) is 54.4 Å². The maximum Gasteiger partial charge on any atom is 0.303 e. The highest BCUT2D eigenvalue weighted by Crippen LogP contribution is 2.30. The molecule has 0 atom stereocenters. The molecular weight excluding hydrogens is 284 g/mol. The van der Waals surface area contributed by atoms with Gasteiger partial charge in [0.25, 0.3) is 0 Å². The third-order valence-electron chi connectivity index (χ3n) is 2.40. The van der Waals surface area contributed by atoms with Crippen molar-refractivity contribution in [3.63, 3.8) is 0 Å². The molecule has 0 fully saturated rings. The van der Waals surface area contributed by atoms with Crippen molar-refractivity contribution in [2.24, 2.45) is 0 Å². The molecule has 1 aromatic rings. The molecule has 0 bridgehead atoms. The zero-order valence-corrected chi connectivity index (χ0v) is 12.6. The monoisotopic (exact) mass is 300 g/mol. The molecule has 104 valence electrons. The molecule has 0 heterocycles. The van der Waals surface area contributed by atoms with E-state index in [9.17, 15) is 9.59 Å². The lowest BCUT2D eigenvalue weighted by molar-refractivity contribution is -0.137. The summed E-state index contributed by atoms with van der Waals surface area (Å²) in [5.41, 5.74) is 0.594. The summed E-state index contributed by atoms with van der Waals surface area (Å²) in [7, 11) is 0. The Hall–Kier alpha value is -1.00. The van der Waals surface area contributed by atoms with Crippen molar-refractivity contribution in [1.29, 1.82) is 0 Å². The molecule has 3 nitrogen and oxygen atoms in total. The Morgan fingerprint density at radius 1 is 1.32 bits per heavy atom. The van der Waals surface area contributed by atoms with Crippen LogP contribution in [0.4, 0.5) is 0 Å². The van der Waals surface area contributed by atoms with Gasteiger partial charge in [-0.15, -0.1) is 11.8 Å². The maximum atomic E-state index is 12.1. The number of ketones is 1. The number of Topliss-reactive ketones (excluding diaryl/α,β-unsaturated/α-hetero) is 1. The molecule has 0 saturated carbocycles. The number of hydrogen-bond donors (Lipinski definition) is 1. The van der Waals surface area contributed by atoms with Crippen LogP contribution in [0.1, 0.15) is 43.5 Å². The molecule has 0 aliphatic heterocycles. The molecule has 0 aliphatic carbocycles. The third-order valence-corrected chi connectivity index (χ3v) is 3.72. The molecule has 1 aromatic carbocycles. The van der Waals surface area contributed by atoms with Crippen molar-refractivity contribution >= 4 is 35.1 Å². The van der Waals surface area contributed by atoms with E-state index in [0.717, 1.165) is 4.90 Å². The van der Waals surface area contributed by atoms with Gasteiger partial charge in [0.1, 0.15) is 0 Å². The summed E-state index contributed by atoms with van der Waals surface area (Å²) in [5, 5.41) is 9.47. The van der Waals surface area contributed by atoms with Gasteiger partial charge in [0.2, 0.25) is 0 Å². The molecule has 0 saturated heterocycles. The summed E-state index contributed by atoms with van der Waals surface area (Å²) in [6.45, 7) is 4.11. The van der Waals surface area contributed by atoms with Crippen molar-refractivity contribution in [3.05, 3.63) is 28.8 Å². The second-order valence-corrected chi connectivity index (χ2v) is 6.53. The minimum Gasteiger partial charge on any atom is -0.481 e. The number of carbonyl (C=O) groups excluding carboxylic acids is 1. The van der Waals surface area contributed by atoms with Crippen LogP contribution >= 0.6 is 23.4 Å². The number of aliphatic carboxylic acids is 1. The van der Waals surface area contributed by atoms with E-state index in [0.29, 0.717) is 22.3 Å². The zero-order chi connectivity index (χ0) is 14.4. The van der Waals surface area contributed by atoms with E-state index in [1.807, 2.05) is 6.07 Å². The van der Waals surface area contributed by atoms with Crippen molar-refractivity contribution in [3.8, 4) is 0 Å². The summed E-state index contributed by atoms with van der Waals surface area (Å²) in [4.78, 5) is 23.5. The molecule has 0 aromatic heterocycles. The quantitative estimate of drug-likeness (QED) is 0.603. The van der Waals surface area contributed by atoms with Gasteiger partial charge < -0.3 is 5.11 Å². The SMILES string of the molecule is CC(C)Sc1ccc(Cl)cc1C(=O)CCCC(=O)O. The van der Waals surface area contributed by atoms with Crippen LogP contribution in [0, 0.1) is 0 Å². The molecular formula is C14H17ClO3S. The Balaban J connectivity index is 2.81. The van der Waals surface area contributed by atoms with E-state index in [2.05, 4.69) is 13.8 Å². The summed E-state index contributed by atoms with van der Waals surface area (Å²) in [6.07, 6.45) is 0.601. The maximum absolute atomic E-state index is 12.1. The van der Waals surface area contributed by atoms with E-state index in [-0.39, 0.29) is 18.6 Å². The smallest absolute Gasteiger partial charge is 0.303 e. The van der Waals surface area contributed by atoms with Gasteiger partial charge in [0, 0.05) is 33.6 Å². The largest absolute Gasteiger partial charge is 0.481 e. The fourth-order valence-corrected chi connectivity index (χ4v) is 2.74. The minimum absolute atomic E-state index is 0.0129. The Bertz CT molecular complexity index is 472. The molecule has 0 spiro atoms. The van der Waals surface area contributed by atoms with E-state index in [1.165, 1.54) is 0 Å². The van der Waals surface area contributed by atoms with Gasteiger partial charge in [-0.05, 0) is 24.6 Å². The lowest BCUT2D eigenvalue weighted by Gasteiger charge is -2.11. The molecule has 19 heavy (non-hydrogen) atoms. The highest BCUT2D eigenvalue weighted by atomic mass is 35.5. The summed E-state index contributed by atoms with van der Waals surface area (Å²) in [5.74, 6) is -0.928. The summed E-state index contributed by atoms with van der Waals surface area (Å²) >= 11 is 7.53.